The highest BCUT2D eigenvalue weighted by Crippen LogP contribution is 2.27. The Labute approximate surface area is 156 Å². The molecule has 0 bridgehead atoms. The standard InChI is InChI=1S/C19H21N5O3/c1-11-6-17(27-22-11)19(25)24-5-4-14(9-24)7-15-8-16(21-10-20-15)18-12(2)23-26-13(18)3/h6,8,10,14H,4-5,7,9H2,1-3H3/t14-/m0/s1. The summed E-state index contributed by atoms with van der Waals surface area (Å²) in [6, 6.07) is 3.66. The smallest absolute Gasteiger partial charge is 0.292 e. The topological polar surface area (TPSA) is 98.2 Å². The van der Waals surface area contributed by atoms with E-state index in [9.17, 15) is 4.79 Å². The van der Waals surface area contributed by atoms with Crippen molar-refractivity contribution in [2.24, 2.45) is 5.92 Å². The fourth-order valence-corrected chi connectivity index (χ4v) is 3.59. The van der Waals surface area contributed by atoms with Crippen LogP contribution in [0.25, 0.3) is 11.3 Å². The molecule has 1 saturated heterocycles. The lowest BCUT2D eigenvalue weighted by molar-refractivity contribution is 0.0745. The molecule has 4 heterocycles. The third-order valence-corrected chi connectivity index (χ3v) is 4.92. The molecule has 3 aromatic heterocycles. The van der Waals surface area contributed by atoms with Crippen molar-refractivity contribution >= 4 is 5.91 Å². The molecular weight excluding hydrogens is 346 g/mol. The van der Waals surface area contributed by atoms with Gasteiger partial charge in [-0.1, -0.05) is 10.3 Å². The molecule has 1 aliphatic rings. The normalized spacial score (nSPS) is 16.9. The van der Waals surface area contributed by atoms with Crippen molar-refractivity contribution in [1.82, 2.24) is 25.2 Å². The lowest BCUT2D eigenvalue weighted by Gasteiger charge is -2.14. The van der Waals surface area contributed by atoms with Crippen LogP contribution in [0, 0.1) is 26.7 Å². The van der Waals surface area contributed by atoms with Gasteiger partial charge in [0.15, 0.2) is 0 Å². The predicted octanol–water partition coefficient (Wildman–Crippen LogP) is 2.75. The van der Waals surface area contributed by atoms with E-state index in [1.54, 1.807) is 19.3 Å². The summed E-state index contributed by atoms with van der Waals surface area (Å²) >= 11 is 0. The molecular formula is C19H21N5O3. The maximum Gasteiger partial charge on any atom is 0.292 e. The van der Waals surface area contributed by atoms with Gasteiger partial charge >= 0.3 is 0 Å². The van der Waals surface area contributed by atoms with Gasteiger partial charge in [-0.3, -0.25) is 4.79 Å². The Hall–Kier alpha value is -3.03. The summed E-state index contributed by atoms with van der Waals surface area (Å²) in [5.41, 5.74) is 4.22. The number of carbonyl (C=O) groups is 1. The van der Waals surface area contributed by atoms with E-state index in [4.69, 9.17) is 9.05 Å². The van der Waals surface area contributed by atoms with Gasteiger partial charge in [0.1, 0.15) is 12.1 Å². The molecule has 0 N–H and O–H groups in total. The summed E-state index contributed by atoms with van der Waals surface area (Å²) in [5.74, 6) is 1.30. The number of nitrogens with zero attached hydrogens (tertiary/aromatic N) is 5. The number of aromatic nitrogens is 4. The zero-order valence-corrected chi connectivity index (χ0v) is 15.6. The van der Waals surface area contributed by atoms with E-state index < -0.39 is 0 Å². The minimum atomic E-state index is -0.0998. The van der Waals surface area contributed by atoms with Crippen molar-refractivity contribution < 1.29 is 13.8 Å². The molecule has 8 nitrogen and oxygen atoms in total. The fraction of sp³-hybridized carbons (Fsp3) is 0.421. The Morgan fingerprint density at radius 3 is 2.74 bits per heavy atom. The minimum absolute atomic E-state index is 0.0998. The second-order valence-corrected chi connectivity index (χ2v) is 7.04. The zero-order valence-electron chi connectivity index (χ0n) is 15.6. The number of hydrogen-bond donors (Lipinski definition) is 0. The molecule has 1 atom stereocenters. The van der Waals surface area contributed by atoms with E-state index in [0.717, 1.165) is 41.2 Å². The molecule has 1 aliphatic heterocycles. The van der Waals surface area contributed by atoms with Crippen LogP contribution in [0.4, 0.5) is 0 Å². The van der Waals surface area contributed by atoms with Gasteiger partial charge in [-0.05, 0) is 45.6 Å². The molecule has 27 heavy (non-hydrogen) atoms. The van der Waals surface area contributed by atoms with E-state index in [1.165, 1.54) is 0 Å². The molecule has 0 saturated carbocycles. The Bertz CT molecular complexity index is 958. The highest BCUT2D eigenvalue weighted by molar-refractivity contribution is 5.91. The van der Waals surface area contributed by atoms with Gasteiger partial charge < -0.3 is 13.9 Å². The number of rotatable bonds is 4. The lowest BCUT2D eigenvalue weighted by Crippen LogP contribution is -2.28. The van der Waals surface area contributed by atoms with Crippen LogP contribution < -0.4 is 0 Å². The summed E-state index contributed by atoms with van der Waals surface area (Å²) in [5, 5.41) is 7.78. The number of likely N-dealkylation sites (tertiary alicyclic amines) is 1. The molecule has 3 aromatic rings. The number of carbonyl (C=O) groups excluding carboxylic acids is 1. The molecule has 0 aromatic carbocycles. The van der Waals surface area contributed by atoms with Crippen molar-refractivity contribution in [3.8, 4) is 11.3 Å². The summed E-state index contributed by atoms with van der Waals surface area (Å²) in [6.07, 6.45) is 3.30. The second-order valence-electron chi connectivity index (χ2n) is 7.04. The monoisotopic (exact) mass is 367 g/mol. The summed E-state index contributed by atoms with van der Waals surface area (Å²) < 4.78 is 10.3. The van der Waals surface area contributed by atoms with Gasteiger partial charge in [0.25, 0.3) is 5.91 Å². The summed E-state index contributed by atoms with van der Waals surface area (Å²) in [7, 11) is 0. The van der Waals surface area contributed by atoms with Crippen LogP contribution in [-0.2, 0) is 6.42 Å². The Morgan fingerprint density at radius 2 is 2.04 bits per heavy atom. The zero-order chi connectivity index (χ0) is 19.0. The van der Waals surface area contributed by atoms with E-state index in [1.807, 2.05) is 24.8 Å². The summed E-state index contributed by atoms with van der Waals surface area (Å²) in [6.45, 7) is 6.98. The Kier molecular flexibility index (Phi) is 4.47. The first-order valence-electron chi connectivity index (χ1n) is 8.98. The Morgan fingerprint density at radius 1 is 1.19 bits per heavy atom. The molecule has 0 radical (unpaired) electrons. The molecule has 0 aliphatic carbocycles. The van der Waals surface area contributed by atoms with Crippen molar-refractivity contribution in [2.45, 2.75) is 33.6 Å². The maximum atomic E-state index is 12.5. The third kappa shape index (κ3) is 3.47. The van der Waals surface area contributed by atoms with Crippen LogP contribution in [0.1, 0.15) is 39.8 Å². The van der Waals surface area contributed by atoms with Gasteiger partial charge in [-0.2, -0.15) is 0 Å². The number of hydrogen-bond acceptors (Lipinski definition) is 7. The number of amides is 1. The Balaban J connectivity index is 1.45. The first-order valence-corrected chi connectivity index (χ1v) is 8.98. The second kappa shape index (κ2) is 6.94. The van der Waals surface area contributed by atoms with Crippen LogP contribution in [-0.4, -0.2) is 44.2 Å². The first-order chi connectivity index (χ1) is 13.0. The van der Waals surface area contributed by atoms with E-state index in [0.29, 0.717) is 30.5 Å². The van der Waals surface area contributed by atoms with Crippen LogP contribution in [0.2, 0.25) is 0 Å². The van der Waals surface area contributed by atoms with Crippen LogP contribution in [0.5, 0.6) is 0 Å². The fourth-order valence-electron chi connectivity index (χ4n) is 3.59. The highest BCUT2D eigenvalue weighted by Gasteiger charge is 2.29. The van der Waals surface area contributed by atoms with E-state index in [-0.39, 0.29) is 5.91 Å². The van der Waals surface area contributed by atoms with Gasteiger partial charge in [-0.25, -0.2) is 9.97 Å². The van der Waals surface area contributed by atoms with Crippen molar-refractivity contribution in [3.05, 3.63) is 47.1 Å². The van der Waals surface area contributed by atoms with E-state index >= 15 is 0 Å². The van der Waals surface area contributed by atoms with Crippen LogP contribution >= 0.6 is 0 Å². The minimum Gasteiger partial charge on any atom is -0.361 e. The average Bonchev–Trinajstić information content (AvgIpc) is 3.36. The van der Waals surface area contributed by atoms with Gasteiger partial charge in [0.2, 0.25) is 5.76 Å². The van der Waals surface area contributed by atoms with Crippen molar-refractivity contribution in [3.63, 3.8) is 0 Å². The molecule has 0 unspecified atom stereocenters. The van der Waals surface area contributed by atoms with Crippen LogP contribution in [0.3, 0.4) is 0 Å². The largest absolute Gasteiger partial charge is 0.361 e. The molecule has 1 amide bonds. The third-order valence-electron chi connectivity index (χ3n) is 4.92. The molecule has 1 fully saturated rings. The molecule has 8 heteroatoms. The van der Waals surface area contributed by atoms with Crippen LogP contribution in [0.15, 0.2) is 27.5 Å². The molecule has 0 spiro atoms. The first kappa shape index (κ1) is 17.4. The highest BCUT2D eigenvalue weighted by atomic mass is 16.5. The average molecular weight is 367 g/mol. The van der Waals surface area contributed by atoms with Gasteiger partial charge in [0, 0.05) is 24.8 Å². The van der Waals surface area contributed by atoms with Gasteiger partial charge in [-0.15, -0.1) is 0 Å². The SMILES string of the molecule is Cc1cc(C(=O)N2CC[C@@H](Cc3cc(-c4c(C)noc4C)ncn3)C2)on1. The molecule has 140 valence electrons. The quantitative estimate of drug-likeness (QED) is 0.699. The van der Waals surface area contributed by atoms with Crippen molar-refractivity contribution in [1.29, 1.82) is 0 Å². The van der Waals surface area contributed by atoms with Crippen molar-refractivity contribution in [2.75, 3.05) is 13.1 Å². The summed E-state index contributed by atoms with van der Waals surface area (Å²) in [4.78, 5) is 23.1. The number of aryl methyl sites for hydroxylation is 3. The lowest BCUT2D eigenvalue weighted by atomic mass is 10.0. The molecule has 4 rings (SSSR count). The predicted molar refractivity (Wildman–Crippen MR) is 96.0 cm³/mol. The van der Waals surface area contributed by atoms with E-state index in [2.05, 4.69) is 20.3 Å². The maximum absolute atomic E-state index is 12.5. The van der Waals surface area contributed by atoms with Gasteiger partial charge in [0.05, 0.1) is 22.6 Å².